The largest absolute Gasteiger partial charge is 0.342 e. The van der Waals surface area contributed by atoms with Gasteiger partial charge in [-0.2, -0.15) is 0 Å². The molecule has 5 nitrogen and oxygen atoms in total. The lowest BCUT2D eigenvalue weighted by atomic mass is 10.0. The molecule has 4 N–H and O–H groups in total. The van der Waals surface area contributed by atoms with Crippen molar-refractivity contribution in [3.05, 3.63) is 59.7 Å². The number of rotatable bonds is 5. The SMILES string of the molecule is CC(N)C(C)C(=O)Nc1ccc2nc(Cc3ccccc3F)[nH]c2c1.Cl.Cl. The molecular weight excluding hydrogens is 390 g/mol. The highest BCUT2D eigenvalue weighted by Gasteiger charge is 2.17. The average molecular weight is 413 g/mol. The zero-order valence-corrected chi connectivity index (χ0v) is 16.7. The molecule has 0 aliphatic rings. The number of hydrogen-bond acceptors (Lipinski definition) is 3. The summed E-state index contributed by atoms with van der Waals surface area (Å²) >= 11 is 0. The van der Waals surface area contributed by atoms with Crippen LogP contribution in [0.2, 0.25) is 0 Å². The molecule has 2 atom stereocenters. The van der Waals surface area contributed by atoms with Gasteiger partial charge in [0, 0.05) is 18.2 Å². The van der Waals surface area contributed by atoms with E-state index in [4.69, 9.17) is 5.73 Å². The normalized spacial score (nSPS) is 12.6. The number of nitrogens with two attached hydrogens (primary N) is 1. The zero-order valence-electron chi connectivity index (χ0n) is 15.0. The molecule has 3 aromatic rings. The van der Waals surface area contributed by atoms with Gasteiger partial charge >= 0.3 is 0 Å². The third kappa shape index (κ3) is 5.42. The van der Waals surface area contributed by atoms with E-state index in [0.29, 0.717) is 23.5 Å². The van der Waals surface area contributed by atoms with Crippen LogP contribution in [0.3, 0.4) is 0 Å². The number of benzene rings is 2. The molecule has 0 saturated heterocycles. The first-order valence-electron chi connectivity index (χ1n) is 8.22. The lowest BCUT2D eigenvalue weighted by Gasteiger charge is -2.15. The summed E-state index contributed by atoms with van der Waals surface area (Å²) in [5, 5.41) is 2.86. The molecular formula is C19H23Cl2FN4O. The first kappa shape index (κ1) is 22.9. The number of aromatic nitrogens is 2. The Labute approximate surface area is 169 Å². The fraction of sp³-hybridized carbons (Fsp3) is 0.263. The van der Waals surface area contributed by atoms with Gasteiger partial charge in [0.25, 0.3) is 0 Å². The summed E-state index contributed by atoms with van der Waals surface area (Å²) in [4.78, 5) is 19.8. The number of aromatic amines is 1. The van der Waals surface area contributed by atoms with Crippen LogP contribution in [0.5, 0.6) is 0 Å². The van der Waals surface area contributed by atoms with Crippen LogP contribution in [-0.4, -0.2) is 21.9 Å². The average Bonchev–Trinajstić information content (AvgIpc) is 2.97. The summed E-state index contributed by atoms with van der Waals surface area (Å²) in [6, 6.07) is 11.9. The Bertz CT molecular complexity index is 914. The van der Waals surface area contributed by atoms with Gasteiger partial charge in [0.15, 0.2) is 0 Å². The predicted octanol–water partition coefficient (Wildman–Crippen LogP) is 4.06. The topological polar surface area (TPSA) is 83.8 Å². The summed E-state index contributed by atoms with van der Waals surface area (Å²) in [5.41, 5.74) is 8.58. The van der Waals surface area contributed by atoms with Gasteiger partial charge in [0.05, 0.1) is 17.0 Å². The molecule has 0 bridgehead atoms. The summed E-state index contributed by atoms with van der Waals surface area (Å²) in [6.07, 6.45) is 0.380. The molecule has 146 valence electrons. The highest BCUT2D eigenvalue weighted by molar-refractivity contribution is 5.94. The van der Waals surface area contributed by atoms with E-state index in [0.717, 1.165) is 11.0 Å². The number of imidazole rings is 1. The second kappa shape index (κ2) is 9.69. The minimum absolute atomic E-state index is 0. The van der Waals surface area contributed by atoms with Crippen LogP contribution in [0.4, 0.5) is 10.1 Å². The number of amides is 1. The van der Waals surface area contributed by atoms with Crippen molar-refractivity contribution in [1.29, 1.82) is 0 Å². The number of H-pyrrole nitrogens is 1. The van der Waals surface area contributed by atoms with Crippen LogP contribution in [0.25, 0.3) is 11.0 Å². The molecule has 2 unspecified atom stereocenters. The number of fused-ring (bicyclic) bond motifs is 1. The Morgan fingerprint density at radius 2 is 1.93 bits per heavy atom. The molecule has 1 aromatic heterocycles. The number of carbonyl (C=O) groups is 1. The third-order valence-corrected chi connectivity index (χ3v) is 4.32. The smallest absolute Gasteiger partial charge is 0.228 e. The summed E-state index contributed by atoms with van der Waals surface area (Å²) in [7, 11) is 0. The molecule has 0 saturated carbocycles. The first-order valence-corrected chi connectivity index (χ1v) is 8.22. The molecule has 0 aliphatic heterocycles. The number of hydrogen-bond donors (Lipinski definition) is 3. The fourth-order valence-corrected chi connectivity index (χ4v) is 2.54. The van der Waals surface area contributed by atoms with Crippen molar-refractivity contribution in [3.63, 3.8) is 0 Å². The van der Waals surface area contributed by atoms with E-state index in [9.17, 15) is 9.18 Å². The lowest BCUT2D eigenvalue weighted by molar-refractivity contribution is -0.119. The van der Waals surface area contributed by atoms with Gasteiger partial charge in [0.1, 0.15) is 11.6 Å². The van der Waals surface area contributed by atoms with E-state index in [-0.39, 0.29) is 48.5 Å². The number of nitrogens with one attached hydrogen (secondary N) is 2. The molecule has 0 spiro atoms. The number of carbonyl (C=O) groups excluding carboxylic acids is 1. The van der Waals surface area contributed by atoms with Gasteiger partial charge in [0.2, 0.25) is 5.91 Å². The van der Waals surface area contributed by atoms with Gasteiger partial charge in [-0.1, -0.05) is 25.1 Å². The van der Waals surface area contributed by atoms with Crippen LogP contribution in [0, 0.1) is 11.7 Å². The van der Waals surface area contributed by atoms with Crippen LogP contribution < -0.4 is 11.1 Å². The van der Waals surface area contributed by atoms with E-state index in [1.165, 1.54) is 6.07 Å². The van der Waals surface area contributed by atoms with Crippen LogP contribution in [-0.2, 0) is 11.2 Å². The van der Waals surface area contributed by atoms with Crippen LogP contribution >= 0.6 is 24.8 Å². The Kier molecular flexibility index (Phi) is 8.21. The fourth-order valence-electron chi connectivity index (χ4n) is 2.54. The standard InChI is InChI=1S/C19H21FN4O.2ClH/c1-11(12(2)21)19(25)22-14-7-8-16-17(10-14)24-18(23-16)9-13-5-3-4-6-15(13)20;;/h3-8,10-12H,9,21H2,1-2H3,(H,22,25)(H,23,24);2*1H. The molecule has 3 rings (SSSR count). The molecule has 1 amide bonds. The zero-order chi connectivity index (χ0) is 18.0. The van der Waals surface area contributed by atoms with Crippen molar-refractivity contribution in [3.8, 4) is 0 Å². The van der Waals surface area contributed by atoms with Crippen LogP contribution in [0.1, 0.15) is 25.2 Å². The highest BCUT2D eigenvalue weighted by atomic mass is 35.5. The van der Waals surface area contributed by atoms with Crippen molar-refractivity contribution in [2.45, 2.75) is 26.3 Å². The third-order valence-electron chi connectivity index (χ3n) is 4.32. The first-order chi connectivity index (χ1) is 11.9. The minimum Gasteiger partial charge on any atom is -0.342 e. The van der Waals surface area contributed by atoms with Crippen molar-refractivity contribution >= 4 is 47.4 Å². The summed E-state index contributed by atoms with van der Waals surface area (Å²) in [6.45, 7) is 3.60. The summed E-state index contributed by atoms with van der Waals surface area (Å²) in [5.74, 6) is 0.0165. The molecule has 0 radical (unpaired) electrons. The molecule has 2 aromatic carbocycles. The Hall–Kier alpha value is -2.15. The van der Waals surface area contributed by atoms with E-state index in [2.05, 4.69) is 15.3 Å². The molecule has 8 heteroatoms. The van der Waals surface area contributed by atoms with Crippen molar-refractivity contribution < 1.29 is 9.18 Å². The predicted molar refractivity (Wildman–Crippen MR) is 111 cm³/mol. The van der Waals surface area contributed by atoms with Crippen molar-refractivity contribution in [2.75, 3.05) is 5.32 Å². The van der Waals surface area contributed by atoms with Gasteiger partial charge in [-0.15, -0.1) is 24.8 Å². The maximum atomic E-state index is 13.8. The van der Waals surface area contributed by atoms with E-state index in [1.807, 2.05) is 12.1 Å². The maximum Gasteiger partial charge on any atom is 0.228 e. The Balaban J connectivity index is 0.00000182. The number of nitrogens with zero attached hydrogens (tertiary/aromatic N) is 1. The molecule has 1 heterocycles. The van der Waals surface area contributed by atoms with Crippen molar-refractivity contribution in [2.24, 2.45) is 11.7 Å². The van der Waals surface area contributed by atoms with E-state index < -0.39 is 0 Å². The number of halogens is 3. The Morgan fingerprint density at radius 1 is 1.22 bits per heavy atom. The van der Waals surface area contributed by atoms with Crippen molar-refractivity contribution in [1.82, 2.24) is 9.97 Å². The highest BCUT2D eigenvalue weighted by Crippen LogP contribution is 2.20. The van der Waals surface area contributed by atoms with Gasteiger partial charge in [-0.25, -0.2) is 9.37 Å². The van der Waals surface area contributed by atoms with Crippen LogP contribution in [0.15, 0.2) is 42.5 Å². The molecule has 0 fully saturated rings. The number of anilines is 1. The monoisotopic (exact) mass is 412 g/mol. The minimum atomic E-state index is -0.283. The quantitative estimate of drug-likeness (QED) is 0.590. The lowest BCUT2D eigenvalue weighted by Crippen LogP contribution is -2.34. The van der Waals surface area contributed by atoms with Gasteiger partial charge in [-0.05, 0) is 36.8 Å². The van der Waals surface area contributed by atoms with Gasteiger partial charge < -0.3 is 16.0 Å². The second-order valence-corrected chi connectivity index (χ2v) is 6.32. The van der Waals surface area contributed by atoms with Gasteiger partial charge in [-0.3, -0.25) is 4.79 Å². The Morgan fingerprint density at radius 3 is 2.59 bits per heavy atom. The second-order valence-electron chi connectivity index (χ2n) is 6.32. The van der Waals surface area contributed by atoms with E-state index >= 15 is 0 Å². The van der Waals surface area contributed by atoms with E-state index in [1.54, 1.807) is 38.1 Å². The summed E-state index contributed by atoms with van der Waals surface area (Å²) < 4.78 is 13.8. The molecule has 27 heavy (non-hydrogen) atoms. The molecule has 0 aliphatic carbocycles. The maximum absolute atomic E-state index is 13.8.